The first-order valence-electron chi connectivity index (χ1n) is 10.5. The molecule has 2 amide bonds. The third-order valence-corrected chi connectivity index (χ3v) is 5.20. The Balaban J connectivity index is 1.43. The van der Waals surface area contributed by atoms with Crippen LogP contribution in [-0.4, -0.2) is 59.2 Å². The molecule has 0 radical (unpaired) electrons. The molecule has 3 rings (SSSR count). The highest BCUT2D eigenvalue weighted by Gasteiger charge is 2.21. The van der Waals surface area contributed by atoms with Crippen LogP contribution in [0.15, 0.2) is 47.3 Å². The molecule has 0 saturated carbocycles. The van der Waals surface area contributed by atoms with Crippen molar-refractivity contribution in [2.45, 2.75) is 32.7 Å². The predicted octanol–water partition coefficient (Wildman–Crippen LogP) is 1.51. The summed E-state index contributed by atoms with van der Waals surface area (Å²) in [6.07, 6.45) is 2.00. The van der Waals surface area contributed by atoms with Crippen molar-refractivity contribution in [2.24, 2.45) is 0 Å². The predicted molar refractivity (Wildman–Crippen MR) is 116 cm³/mol. The number of carbonyl (C=O) groups is 2. The van der Waals surface area contributed by atoms with Crippen LogP contribution in [0.25, 0.3) is 0 Å². The molecule has 1 fully saturated rings. The van der Waals surface area contributed by atoms with E-state index in [2.05, 4.69) is 27.4 Å². The lowest BCUT2D eigenvalue weighted by Gasteiger charge is -2.36. The zero-order chi connectivity index (χ0) is 21.3. The average Bonchev–Trinajstić information content (AvgIpc) is 2.79. The van der Waals surface area contributed by atoms with Gasteiger partial charge in [0.15, 0.2) is 0 Å². The number of aromatic nitrogens is 2. The summed E-state index contributed by atoms with van der Waals surface area (Å²) in [6.45, 7) is 5.70. The molecule has 0 atom stereocenters. The number of piperazine rings is 1. The maximum absolute atomic E-state index is 12.5. The highest BCUT2D eigenvalue weighted by molar-refractivity contribution is 5.92. The van der Waals surface area contributed by atoms with Crippen molar-refractivity contribution in [2.75, 3.05) is 37.6 Å². The van der Waals surface area contributed by atoms with Crippen molar-refractivity contribution >= 4 is 17.5 Å². The van der Waals surface area contributed by atoms with Crippen LogP contribution in [0.3, 0.4) is 0 Å². The van der Waals surface area contributed by atoms with Crippen LogP contribution in [0.4, 0.5) is 5.69 Å². The van der Waals surface area contributed by atoms with Gasteiger partial charge in [-0.1, -0.05) is 31.5 Å². The molecule has 8 nitrogen and oxygen atoms in total. The minimum absolute atomic E-state index is 0.0314. The number of rotatable bonds is 8. The minimum Gasteiger partial charge on any atom is -0.368 e. The lowest BCUT2D eigenvalue weighted by molar-refractivity contribution is -0.131. The van der Waals surface area contributed by atoms with E-state index >= 15 is 0 Å². The van der Waals surface area contributed by atoms with Gasteiger partial charge in [-0.2, -0.15) is 5.10 Å². The lowest BCUT2D eigenvalue weighted by atomic mass is 10.2. The fourth-order valence-electron chi connectivity index (χ4n) is 3.42. The molecule has 0 aliphatic carbocycles. The SMILES string of the molecule is CCCCn1nc(C(=O)NCCC(=O)N2CCN(c3ccccc3)CC2)ccc1=O. The van der Waals surface area contributed by atoms with E-state index in [-0.39, 0.29) is 36.0 Å². The van der Waals surface area contributed by atoms with Crippen molar-refractivity contribution < 1.29 is 9.59 Å². The number of nitrogens with zero attached hydrogens (tertiary/aromatic N) is 4. The summed E-state index contributed by atoms with van der Waals surface area (Å²) >= 11 is 0. The molecule has 1 saturated heterocycles. The van der Waals surface area contributed by atoms with E-state index in [1.54, 1.807) is 0 Å². The Morgan fingerprint density at radius 2 is 1.77 bits per heavy atom. The number of hydrogen-bond acceptors (Lipinski definition) is 5. The van der Waals surface area contributed by atoms with E-state index in [9.17, 15) is 14.4 Å². The average molecular weight is 412 g/mol. The van der Waals surface area contributed by atoms with Gasteiger partial charge in [-0.15, -0.1) is 0 Å². The molecular weight excluding hydrogens is 382 g/mol. The number of hydrogen-bond donors (Lipinski definition) is 1. The van der Waals surface area contributed by atoms with Gasteiger partial charge in [-0.05, 0) is 24.6 Å². The summed E-state index contributed by atoms with van der Waals surface area (Å²) in [5, 5.41) is 6.86. The van der Waals surface area contributed by atoms with Gasteiger partial charge in [-0.25, -0.2) is 4.68 Å². The van der Waals surface area contributed by atoms with Crippen LogP contribution in [0, 0.1) is 0 Å². The molecule has 1 aliphatic heterocycles. The molecule has 160 valence electrons. The zero-order valence-electron chi connectivity index (χ0n) is 17.4. The molecule has 8 heteroatoms. The van der Waals surface area contributed by atoms with Crippen molar-refractivity contribution in [1.82, 2.24) is 20.0 Å². The first-order valence-corrected chi connectivity index (χ1v) is 10.5. The molecule has 1 aliphatic rings. The summed E-state index contributed by atoms with van der Waals surface area (Å²) in [4.78, 5) is 40.7. The molecule has 2 aromatic rings. The van der Waals surface area contributed by atoms with Crippen molar-refractivity contribution in [3.8, 4) is 0 Å². The fourth-order valence-corrected chi connectivity index (χ4v) is 3.42. The summed E-state index contributed by atoms with van der Waals surface area (Å²) < 4.78 is 1.32. The van der Waals surface area contributed by atoms with Crippen molar-refractivity contribution in [3.05, 3.63) is 58.5 Å². The number of para-hydroxylation sites is 1. The second kappa shape index (κ2) is 10.6. The maximum atomic E-state index is 12.5. The van der Waals surface area contributed by atoms with Crippen LogP contribution in [0.1, 0.15) is 36.7 Å². The van der Waals surface area contributed by atoms with Crippen LogP contribution >= 0.6 is 0 Å². The number of unbranched alkanes of at least 4 members (excludes halogenated alkanes) is 1. The summed E-state index contributed by atoms with van der Waals surface area (Å²) in [7, 11) is 0. The number of aryl methyl sites for hydroxylation is 1. The molecule has 1 aromatic carbocycles. The standard InChI is InChI=1S/C22H29N5O3/c1-2-3-13-27-21(29)10-9-19(24-27)22(30)23-12-11-20(28)26-16-14-25(15-17-26)18-7-5-4-6-8-18/h4-10H,2-3,11-17H2,1H3,(H,23,30). The van der Waals surface area contributed by atoms with Gasteiger partial charge >= 0.3 is 0 Å². The van der Waals surface area contributed by atoms with Crippen molar-refractivity contribution in [1.29, 1.82) is 0 Å². The summed E-state index contributed by atoms with van der Waals surface area (Å²) in [5.74, 6) is -0.342. The Hall–Kier alpha value is -3.16. The highest BCUT2D eigenvalue weighted by Crippen LogP contribution is 2.15. The number of nitrogens with one attached hydrogen (secondary N) is 1. The normalized spacial score (nSPS) is 13.9. The Bertz CT molecular complexity index is 904. The minimum atomic E-state index is -0.373. The Labute approximate surface area is 176 Å². The highest BCUT2D eigenvalue weighted by atomic mass is 16.2. The van der Waals surface area contributed by atoms with E-state index in [0.29, 0.717) is 19.6 Å². The van der Waals surface area contributed by atoms with Crippen LogP contribution in [0.2, 0.25) is 0 Å². The number of carbonyl (C=O) groups excluding carboxylic acids is 2. The third kappa shape index (κ3) is 5.68. The quantitative estimate of drug-likeness (QED) is 0.712. The lowest BCUT2D eigenvalue weighted by Crippen LogP contribution is -2.49. The van der Waals surface area contributed by atoms with Gasteiger partial charge < -0.3 is 15.1 Å². The van der Waals surface area contributed by atoms with Gasteiger partial charge in [0.05, 0.1) is 0 Å². The Kier molecular flexibility index (Phi) is 7.59. The van der Waals surface area contributed by atoms with Gasteiger partial charge in [-0.3, -0.25) is 14.4 Å². The fraction of sp³-hybridized carbons (Fsp3) is 0.455. The summed E-state index contributed by atoms with van der Waals surface area (Å²) in [6, 6.07) is 13.0. The molecule has 2 heterocycles. The number of benzene rings is 1. The van der Waals surface area contributed by atoms with Gasteiger partial charge in [0.1, 0.15) is 5.69 Å². The van der Waals surface area contributed by atoms with Gasteiger partial charge in [0.2, 0.25) is 5.91 Å². The largest absolute Gasteiger partial charge is 0.368 e. The van der Waals surface area contributed by atoms with Crippen LogP contribution in [-0.2, 0) is 11.3 Å². The van der Waals surface area contributed by atoms with E-state index < -0.39 is 0 Å². The second-order valence-corrected chi connectivity index (χ2v) is 7.34. The van der Waals surface area contributed by atoms with Gasteiger partial charge in [0.25, 0.3) is 11.5 Å². The molecule has 0 bridgehead atoms. The van der Waals surface area contributed by atoms with Crippen molar-refractivity contribution in [3.63, 3.8) is 0 Å². The number of amides is 2. The molecule has 0 spiro atoms. The molecule has 1 aromatic heterocycles. The smallest absolute Gasteiger partial charge is 0.271 e. The molecule has 30 heavy (non-hydrogen) atoms. The van der Waals surface area contributed by atoms with E-state index in [4.69, 9.17) is 0 Å². The van der Waals surface area contributed by atoms with Crippen LogP contribution < -0.4 is 15.8 Å². The van der Waals surface area contributed by atoms with E-state index in [1.165, 1.54) is 22.5 Å². The Morgan fingerprint density at radius 1 is 1.03 bits per heavy atom. The number of anilines is 1. The molecule has 1 N–H and O–H groups in total. The Morgan fingerprint density at radius 3 is 2.47 bits per heavy atom. The molecular formula is C22H29N5O3. The first-order chi connectivity index (χ1) is 14.6. The van der Waals surface area contributed by atoms with E-state index in [1.807, 2.05) is 30.0 Å². The second-order valence-electron chi connectivity index (χ2n) is 7.34. The van der Waals surface area contributed by atoms with Crippen LogP contribution in [0.5, 0.6) is 0 Å². The molecule has 0 unspecified atom stereocenters. The van der Waals surface area contributed by atoms with Gasteiger partial charge in [0, 0.05) is 57.4 Å². The monoisotopic (exact) mass is 411 g/mol. The third-order valence-electron chi connectivity index (χ3n) is 5.20. The zero-order valence-corrected chi connectivity index (χ0v) is 17.4. The van der Waals surface area contributed by atoms with E-state index in [0.717, 1.165) is 25.9 Å². The first kappa shape index (κ1) is 21.5. The summed E-state index contributed by atoms with van der Waals surface area (Å²) in [5.41, 5.74) is 1.14. The maximum Gasteiger partial charge on any atom is 0.271 e. The topological polar surface area (TPSA) is 87.5 Å².